The van der Waals surface area contributed by atoms with E-state index in [1.807, 2.05) is 16.8 Å². The molecule has 0 aliphatic heterocycles. The summed E-state index contributed by atoms with van der Waals surface area (Å²) in [5.74, 6) is 0. The molecule has 5 aromatic rings. The number of para-hydroxylation sites is 1. The van der Waals surface area contributed by atoms with Gasteiger partial charge in [-0.05, 0) is 0 Å². The minimum absolute atomic E-state index is 0.284. The summed E-state index contributed by atoms with van der Waals surface area (Å²) in [6.45, 7) is 4.30. The van der Waals surface area contributed by atoms with E-state index in [0.717, 1.165) is 22.0 Å². The van der Waals surface area contributed by atoms with Gasteiger partial charge >= 0.3 is 201 Å². The molecule has 0 unspecified atom stereocenters. The molecule has 0 aliphatic carbocycles. The molecule has 0 spiro atoms. The standard InChI is InChI=1S/C29H25N3Se/c1-21-16-18-23(19-17-21)26(20-33-24-11-4-3-5-12-24)29(25-13-7-6-10-22(25)2)32-28-15-9-8-14-27(28)30-31-32/h3-19H,20H2,1-2H3/b29-26-. The number of fused-ring (bicyclic) bond motifs is 1. The Balaban J connectivity index is 1.77. The van der Waals surface area contributed by atoms with Gasteiger partial charge in [0.1, 0.15) is 0 Å². The van der Waals surface area contributed by atoms with E-state index in [9.17, 15) is 0 Å². The van der Waals surface area contributed by atoms with Gasteiger partial charge in [-0.2, -0.15) is 0 Å². The van der Waals surface area contributed by atoms with Crippen LogP contribution in [0.4, 0.5) is 0 Å². The molecule has 4 aromatic carbocycles. The molecule has 0 atom stereocenters. The fourth-order valence-corrected chi connectivity index (χ4v) is 6.02. The Labute approximate surface area is 200 Å². The zero-order chi connectivity index (χ0) is 22.6. The van der Waals surface area contributed by atoms with Crippen molar-refractivity contribution in [1.29, 1.82) is 0 Å². The maximum absolute atomic E-state index is 4.65. The van der Waals surface area contributed by atoms with Gasteiger partial charge in [-0.25, -0.2) is 0 Å². The van der Waals surface area contributed by atoms with Crippen molar-refractivity contribution in [3.63, 3.8) is 0 Å². The molecular weight excluding hydrogens is 469 g/mol. The van der Waals surface area contributed by atoms with E-state index in [-0.39, 0.29) is 15.0 Å². The Morgan fingerprint density at radius 3 is 2.24 bits per heavy atom. The summed E-state index contributed by atoms with van der Waals surface area (Å²) in [6.07, 6.45) is 0. The van der Waals surface area contributed by atoms with E-state index in [1.54, 1.807) is 0 Å². The van der Waals surface area contributed by atoms with Crippen molar-refractivity contribution < 1.29 is 0 Å². The molecule has 4 heteroatoms. The van der Waals surface area contributed by atoms with Gasteiger partial charge in [-0.1, -0.05) is 0 Å². The second-order valence-corrected chi connectivity index (χ2v) is 10.3. The molecule has 1 heterocycles. The quantitative estimate of drug-likeness (QED) is 0.217. The van der Waals surface area contributed by atoms with Gasteiger partial charge in [0.25, 0.3) is 0 Å². The molecular formula is C29H25N3Se. The first-order chi connectivity index (χ1) is 16.2. The van der Waals surface area contributed by atoms with E-state index < -0.39 is 0 Å². The van der Waals surface area contributed by atoms with Crippen molar-refractivity contribution in [2.24, 2.45) is 0 Å². The minimum atomic E-state index is 0.284. The first-order valence-electron chi connectivity index (χ1n) is 11.1. The van der Waals surface area contributed by atoms with Crippen molar-refractivity contribution in [1.82, 2.24) is 15.0 Å². The molecule has 0 saturated carbocycles. The molecule has 0 saturated heterocycles. The van der Waals surface area contributed by atoms with E-state index >= 15 is 0 Å². The van der Waals surface area contributed by atoms with E-state index in [2.05, 4.69) is 115 Å². The van der Waals surface area contributed by atoms with Crippen molar-refractivity contribution in [2.45, 2.75) is 19.2 Å². The second kappa shape index (κ2) is 9.58. The normalized spacial score (nSPS) is 12.1. The number of rotatable bonds is 6. The molecule has 33 heavy (non-hydrogen) atoms. The second-order valence-electron chi connectivity index (χ2n) is 8.10. The van der Waals surface area contributed by atoms with Crippen LogP contribution in [-0.2, 0) is 0 Å². The Kier molecular flexibility index (Phi) is 6.21. The number of nitrogens with zero attached hydrogens (tertiary/aromatic N) is 3. The van der Waals surface area contributed by atoms with Crippen molar-refractivity contribution in [3.8, 4) is 0 Å². The summed E-state index contributed by atoms with van der Waals surface area (Å²) < 4.78 is 3.43. The third kappa shape index (κ3) is 4.54. The van der Waals surface area contributed by atoms with Crippen molar-refractivity contribution in [3.05, 3.63) is 125 Å². The van der Waals surface area contributed by atoms with Crippen LogP contribution < -0.4 is 4.46 Å². The Morgan fingerprint density at radius 1 is 0.758 bits per heavy atom. The third-order valence-electron chi connectivity index (χ3n) is 5.78. The van der Waals surface area contributed by atoms with E-state index in [0.29, 0.717) is 0 Å². The Bertz CT molecular complexity index is 1420. The van der Waals surface area contributed by atoms with Crippen LogP contribution in [-0.4, -0.2) is 30.0 Å². The molecule has 5 rings (SSSR count). The van der Waals surface area contributed by atoms with Gasteiger partial charge in [0.15, 0.2) is 0 Å². The van der Waals surface area contributed by atoms with Gasteiger partial charge in [0, 0.05) is 0 Å². The summed E-state index contributed by atoms with van der Waals surface area (Å²) in [7, 11) is 0. The van der Waals surface area contributed by atoms with Gasteiger partial charge in [0.2, 0.25) is 0 Å². The predicted octanol–water partition coefficient (Wildman–Crippen LogP) is 5.91. The van der Waals surface area contributed by atoms with Gasteiger partial charge < -0.3 is 0 Å². The number of benzene rings is 4. The van der Waals surface area contributed by atoms with Gasteiger partial charge in [-0.15, -0.1) is 0 Å². The average Bonchev–Trinajstić information content (AvgIpc) is 3.28. The summed E-state index contributed by atoms with van der Waals surface area (Å²) in [4.78, 5) is 0. The fourth-order valence-electron chi connectivity index (χ4n) is 3.99. The molecule has 3 nitrogen and oxygen atoms in total. The van der Waals surface area contributed by atoms with Crippen LogP contribution in [0.2, 0.25) is 5.32 Å². The summed E-state index contributed by atoms with van der Waals surface area (Å²) in [5, 5.41) is 10.1. The summed E-state index contributed by atoms with van der Waals surface area (Å²) in [5.41, 5.74) is 9.24. The van der Waals surface area contributed by atoms with Crippen LogP contribution >= 0.6 is 0 Å². The SMILES string of the molecule is Cc1ccc(/C(C[Se]c2ccccc2)=C(/c2ccccc2C)n2nnc3ccccc32)cc1. The molecule has 1 aromatic heterocycles. The topological polar surface area (TPSA) is 30.7 Å². The molecule has 0 bridgehead atoms. The number of aromatic nitrogens is 3. The Hall–Kier alpha value is -3.46. The van der Waals surface area contributed by atoms with Crippen molar-refractivity contribution in [2.75, 3.05) is 0 Å². The first kappa shape index (κ1) is 21.4. The molecule has 0 radical (unpaired) electrons. The van der Waals surface area contributed by atoms with Crippen LogP contribution in [0.25, 0.3) is 22.3 Å². The summed E-state index contributed by atoms with van der Waals surface area (Å²) in [6, 6.07) is 36.4. The predicted molar refractivity (Wildman–Crippen MR) is 139 cm³/mol. The number of hydrogen-bond acceptors (Lipinski definition) is 2. The van der Waals surface area contributed by atoms with Crippen LogP contribution in [0.15, 0.2) is 103 Å². The van der Waals surface area contributed by atoms with Crippen LogP contribution in [0.3, 0.4) is 0 Å². The average molecular weight is 495 g/mol. The summed E-state index contributed by atoms with van der Waals surface area (Å²) >= 11 is 0.284. The number of aryl methyl sites for hydroxylation is 2. The monoisotopic (exact) mass is 495 g/mol. The molecule has 162 valence electrons. The molecule has 0 aliphatic rings. The number of allylic oxidation sites excluding steroid dienone is 1. The zero-order valence-corrected chi connectivity index (χ0v) is 20.5. The van der Waals surface area contributed by atoms with Crippen LogP contribution in [0, 0.1) is 13.8 Å². The number of hydrogen-bond donors (Lipinski definition) is 0. The third-order valence-corrected chi connectivity index (χ3v) is 7.95. The van der Waals surface area contributed by atoms with Crippen LogP contribution in [0.1, 0.15) is 22.3 Å². The van der Waals surface area contributed by atoms with Crippen LogP contribution in [0.5, 0.6) is 0 Å². The molecule has 0 N–H and O–H groups in total. The maximum atomic E-state index is 4.65. The van der Waals surface area contributed by atoms with Gasteiger partial charge in [0.05, 0.1) is 0 Å². The molecule has 0 fully saturated rings. The van der Waals surface area contributed by atoms with E-state index in [1.165, 1.54) is 32.3 Å². The zero-order valence-electron chi connectivity index (χ0n) is 18.8. The van der Waals surface area contributed by atoms with Gasteiger partial charge in [-0.3, -0.25) is 0 Å². The van der Waals surface area contributed by atoms with E-state index in [4.69, 9.17) is 0 Å². The first-order valence-corrected chi connectivity index (χ1v) is 13.1. The Morgan fingerprint density at radius 2 is 1.45 bits per heavy atom. The van der Waals surface area contributed by atoms with Crippen molar-refractivity contribution >= 4 is 41.7 Å². The molecule has 0 amide bonds. The fraction of sp³-hybridized carbons (Fsp3) is 0.103.